The van der Waals surface area contributed by atoms with E-state index in [0.717, 1.165) is 16.9 Å². The molecule has 0 amide bonds. The molecule has 0 fully saturated rings. The second-order valence-electron chi connectivity index (χ2n) is 5.40. The van der Waals surface area contributed by atoms with Crippen LogP contribution in [0.25, 0.3) is 0 Å². The molecular formula is C20H22N2O4. The van der Waals surface area contributed by atoms with E-state index in [9.17, 15) is 10.1 Å². The third-order valence-corrected chi connectivity index (χ3v) is 3.53. The van der Waals surface area contributed by atoms with Gasteiger partial charge in [0.1, 0.15) is 0 Å². The number of hydrogen-bond acceptors (Lipinski definition) is 5. The molecule has 2 aromatic rings. The van der Waals surface area contributed by atoms with Crippen molar-refractivity contribution >= 4 is 17.6 Å². The minimum atomic E-state index is -0.435. The van der Waals surface area contributed by atoms with E-state index in [4.69, 9.17) is 9.47 Å². The van der Waals surface area contributed by atoms with Gasteiger partial charge in [-0.05, 0) is 50.1 Å². The first-order chi connectivity index (χ1) is 12.6. The molecule has 0 spiro atoms. The standard InChI is InChI=1S/C20H22N2O4/c1-4-7-16-12-15(13-19(25-5-2)20(16)26-6-3)14-21-17-8-10-18(11-9-17)22(23)24/h4,8-14H,1,5-7H2,2-3H3. The smallest absolute Gasteiger partial charge is 0.269 e. The zero-order valence-corrected chi connectivity index (χ0v) is 15.0. The monoisotopic (exact) mass is 354 g/mol. The maximum atomic E-state index is 10.7. The van der Waals surface area contributed by atoms with Crippen LogP contribution in [0, 0.1) is 10.1 Å². The Hall–Kier alpha value is -3.15. The number of nitro benzene ring substituents is 1. The Balaban J connectivity index is 2.35. The Morgan fingerprint density at radius 3 is 2.42 bits per heavy atom. The highest BCUT2D eigenvalue weighted by atomic mass is 16.6. The largest absolute Gasteiger partial charge is 0.490 e. The zero-order chi connectivity index (χ0) is 18.9. The lowest BCUT2D eigenvalue weighted by molar-refractivity contribution is -0.384. The molecule has 0 unspecified atom stereocenters. The molecule has 0 N–H and O–H groups in total. The molecule has 0 heterocycles. The molecule has 2 aromatic carbocycles. The highest BCUT2D eigenvalue weighted by Crippen LogP contribution is 2.33. The van der Waals surface area contributed by atoms with E-state index in [0.29, 0.717) is 31.1 Å². The number of nitrogens with zero attached hydrogens (tertiary/aromatic N) is 2. The molecule has 0 aliphatic heterocycles. The normalized spacial score (nSPS) is 10.7. The Labute approximate surface area is 152 Å². The van der Waals surface area contributed by atoms with Crippen molar-refractivity contribution in [2.24, 2.45) is 4.99 Å². The zero-order valence-electron chi connectivity index (χ0n) is 15.0. The van der Waals surface area contributed by atoms with E-state index in [1.165, 1.54) is 12.1 Å². The summed E-state index contributed by atoms with van der Waals surface area (Å²) < 4.78 is 11.5. The Morgan fingerprint density at radius 1 is 1.15 bits per heavy atom. The summed E-state index contributed by atoms with van der Waals surface area (Å²) in [7, 11) is 0. The van der Waals surface area contributed by atoms with Gasteiger partial charge in [0.05, 0.1) is 23.8 Å². The minimum Gasteiger partial charge on any atom is -0.490 e. The summed E-state index contributed by atoms with van der Waals surface area (Å²) in [5.41, 5.74) is 2.50. The van der Waals surface area contributed by atoms with E-state index < -0.39 is 4.92 Å². The predicted octanol–water partition coefficient (Wildman–Crippen LogP) is 4.87. The first-order valence-electron chi connectivity index (χ1n) is 8.41. The number of allylic oxidation sites excluding steroid dienone is 1. The Morgan fingerprint density at radius 2 is 1.85 bits per heavy atom. The van der Waals surface area contributed by atoms with Crippen LogP contribution in [0.5, 0.6) is 11.5 Å². The summed E-state index contributed by atoms with van der Waals surface area (Å²) in [5, 5.41) is 10.7. The van der Waals surface area contributed by atoms with Gasteiger partial charge < -0.3 is 9.47 Å². The van der Waals surface area contributed by atoms with Crippen molar-refractivity contribution in [2.45, 2.75) is 20.3 Å². The average molecular weight is 354 g/mol. The van der Waals surface area contributed by atoms with Crippen LogP contribution < -0.4 is 9.47 Å². The van der Waals surface area contributed by atoms with Gasteiger partial charge in [-0.15, -0.1) is 6.58 Å². The van der Waals surface area contributed by atoms with Gasteiger partial charge in [-0.1, -0.05) is 6.08 Å². The quantitative estimate of drug-likeness (QED) is 0.279. The second-order valence-corrected chi connectivity index (χ2v) is 5.40. The lowest BCUT2D eigenvalue weighted by atomic mass is 10.1. The third kappa shape index (κ3) is 4.92. The van der Waals surface area contributed by atoms with Crippen LogP contribution in [-0.2, 0) is 6.42 Å². The molecule has 0 saturated carbocycles. The van der Waals surface area contributed by atoms with E-state index in [1.807, 2.05) is 32.1 Å². The molecule has 6 heteroatoms. The average Bonchev–Trinajstić information content (AvgIpc) is 2.63. The molecule has 2 rings (SSSR count). The summed E-state index contributed by atoms with van der Waals surface area (Å²) in [5.74, 6) is 1.39. The summed E-state index contributed by atoms with van der Waals surface area (Å²) >= 11 is 0. The molecule has 0 aliphatic rings. The van der Waals surface area contributed by atoms with E-state index >= 15 is 0 Å². The van der Waals surface area contributed by atoms with Crippen molar-refractivity contribution in [3.8, 4) is 11.5 Å². The lowest BCUT2D eigenvalue weighted by Gasteiger charge is -2.15. The molecule has 0 atom stereocenters. The fraction of sp³-hybridized carbons (Fsp3) is 0.250. The summed E-state index contributed by atoms with van der Waals surface area (Å²) in [4.78, 5) is 14.7. The van der Waals surface area contributed by atoms with E-state index in [-0.39, 0.29) is 5.69 Å². The van der Waals surface area contributed by atoms with Gasteiger partial charge in [0, 0.05) is 23.9 Å². The van der Waals surface area contributed by atoms with Gasteiger partial charge in [-0.25, -0.2) is 0 Å². The first kappa shape index (κ1) is 19.2. The van der Waals surface area contributed by atoms with Gasteiger partial charge >= 0.3 is 0 Å². The maximum absolute atomic E-state index is 10.7. The number of rotatable bonds is 9. The Bertz CT molecular complexity index is 798. The maximum Gasteiger partial charge on any atom is 0.269 e. The fourth-order valence-corrected chi connectivity index (χ4v) is 2.45. The van der Waals surface area contributed by atoms with Crippen LogP contribution in [0.2, 0.25) is 0 Å². The Kier molecular flexibility index (Phi) is 6.91. The van der Waals surface area contributed by atoms with Crippen LogP contribution in [0.3, 0.4) is 0 Å². The minimum absolute atomic E-state index is 0.0388. The lowest BCUT2D eigenvalue weighted by Crippen LogP contribution is -2.03. The highest BCUT2D eigenvalue weighted by molar-refractivity contribution is 5.84. The number of ether oxygens (including phenoxy) is 2. The van der Waals surface area contributed by atoms with Gasteiger partial charge in [0.15, 0.2) is 11.5 Å². The summed E-state index contributed by atoms with van der Waals surface area (Å²) in [6, 6.07) is 9.92. The predicted molar refractivity (Wildman–Crippen MR) is 103 cm³/mol. The molecule has 6 nitrogen and oxygen atoms in total. The number of nitro groups is 1. The molecule has 0 bridgehead atoms. The van der Waals surface area contributed by atoms with Crippen molar-refractivity contribution in [2.75, 3.05) is 13.2 Å². The first-order valence-corrected chi connectivity index (χ1v) is 8.41. The molecular weight excluding hydrogens is 332 g/mol. The highest BCUT2D eigenvalue weighted by Gasteiger charge is 2.12. The molecule has 26 heavy (non-hydrogen) atoms. The summed E-state index contributed by atoms with van der Waals surface area (Å²) in [6.45, 7) is 8.71. The van der Waals surface area contributed by atoms with Crippen molar-refractivity contribution in [1.29, 1.82) is 0 Å². The van der Waals surface area contributed by atoms with Crippen molar-refractivity contribution in [3.63, 3.8) is 0 Å². The number of hydrogen-bond donors (Lipinski definition) is 0. The van der Waals surface area contributed by atoms with Crippen molar-refractivity contribution in [1.82, 2.24) is 0 Å². The molecule has 0 saturated heterocycles. The summed E-state index contributed by atoms with van der Waals surface area (Å²) in [6.07, 6.45) is 4.16. The van der Waals surface area contributed by atoms with Crippen molar-refractivity contribution < 1.29 is 14.4 Å². The van der Waals surface area contributed by atoms with Crippen LogP contribution >= 0.6 is 0 Å². The van der Waals surface area contributed by atoms with E-state index in [2.05, 4.69) is 11.6 Å². The van der Waals surface area contributed by atoms with Crippen LogP contribution in [-0.4, -0.2) is 24.4 Å². The van der Waals surface area contributed by atoms with Gasteiger partial charge in [-0.3, -0.25) is 15.1 Å². The third-order valence-electron chi connectivity index (χ3n) is 3.53. The van der Waals surface area contributed by atoms with Crippen LogP contribution in [0.15, 0.2) is 54.0 Å². The number of aliphatic imine (C=N–C) groups is 1. The van der Waals surface area contributed by atoms with Gasteiger partial charge in [-0.2, -0.15) is 0 Å². The van der Waals surface area contributed by atoms with Gasteiger partial charge in [0.25, 0.3) is 5.69 Å². The molecule has 136 valence electrons. The van der Waals surface area contributed by atoms with Crippen LogP contribution in [0.1, 0.15) is 25.0 Å². The second kappa shape index (κ2) is 9.36. The molecule has 0 aliphatic carbocycles. The topological polar surface area (TPSA) is 74.0 Å². The molecule has 0 radical (unpaired) electrons. The molecule has 0 aromatic heterocycles. The SMILES string of the molecule is C=CCc1cc(C=Nc2ccc([N+](=O)[O-])cc2)cc(OCC)c1OCC. The fourth-order valence-electron chi connectivity index (χ4n) is 2.45. The van der Waals surface area contributed by atoms with Gasteiger partial charge in [0.2, 0.25) is 0 Å². The number of benzene rings is 2. The van der Waals surface area contributed by atoms with E-state index in [1.54, 1.807) is 18.3 Å². The van der Waals surface area contributed by atoms with Crippen molar-refractivity contribution in [3.05, 3.63) is 70.3 Å². The number of non-ortho nitro benzene ring substituents is 1. The van der Waals surface area contributed by atoms with Crippen LogP contribution in [0.4, 0.5) is 11.4 Å².